The van der Waals surface area contributed by atoms with Gasteiger partial charge >= 0.3 is 0 Å². The molecule has 1 unspecified atom stereocenters. The summed E-state index contributed by atoms with van der Waals surface area (Å²) in [5.74, 6) is 0.695. The van der Waals surface area contributed by atoms with Gasteiger partial charge in [-0.3, -0.25) is 9.79 Å². The van der Waals surface area contributed by atoms with E-state index in [9.17, 15) is 13.6 Å². The van der Waals surface area contributed by atoms with Gasteiger partial charge in [0, 0.05) is 55.2 Å². The van der Waals surface area contributed by atoms with E-state index in [2.05, 4.69) is 16.9 Å². The fourth-order valence-corrected chi connectivity index (χ4v) is 4.20. The molecule has 2 N–H and O–H groups in total. The second-order valence-electron chi connectivity index (χ2n) is 7.81. The van der Waals surface area contributed by atoms with Crippen LogP contribution in [0.5, 0.6) is 0 Å². The quantitative estimate of drug-likeness (QED) is 0.269. The molecule has 0 aromatic rings. The van der Waals surface area contributed by atoms with Gasteiger partial charge in [0.25, 0.3) is 0 Å². The van der Waals surface area contributed by atoms with E-state index in [1.165, 1.54) is 23.9 Å². The van der Waals surface area contributed by atoms with Crippen molar-refractivity contribution in [2.45, 2.75) is 58.4 Å². The van der Waals surface area contributed by atoms with Crippen LogP contribution in [0.4, 0.5) is 8.78 Å². The maximum absolute atomic E-state index is 12.5. The number of halogens is 2. The highest BCUT2D eigenvalue weighted by Crippen LogP contribution is 2.33. The first-order chi connectivity index (χ1) is 15.9. The van der Waals surface area contributed by atoms with Gasteiger partial charge < -0.3 is 20.4 Å². The van der Waals surface area contributed by atoms with E-state index in [1.54, 1.807) is 0 Å². The Morgan fingerprint density at radius 2 is 2.24 bits per heavy atom. The van der Waals surface area contributed by atoms with Gasteiger partial charge in [0.05, 0.1) is 18.3 Å². The van der Waals surface area contributed by atoms with E-state index in [1.807, 2.05) is 30.2 Å². The number of hydrogen-bond donors (Lipinski definition) is 2. The maximum atomic E-state index is 12.5. The summed E-state index contributed by atoms with van der Waals surface area (Å²) in [6.45, 7) is 10.2. The zero-order chi connectivity index (χ0) is 24.2. The zero-order valence-corrected chi connectivity index (χ0v) is 20.2. The van der Waals surface area contributed by atoms with Crippen molar-refractivity contribution in [3.8, 4) is 0 Å². The first-order valence-corrected chi connectivity index (χ1v) is 12.2. The van der Waals surface area contributed by atoms with Crippen LogP contribution in [0, 0.1) is 5.41 Å². The summed E-state index contributed by atoms with van der Waals surface area (Å²) in [5, 5.41) is 13.4. The molecular formula is C24H34F2N4O2S. The number of fused-ring (bicyclic) bond motifs is 1. The predicted octanol–water partition coefficient (Wildman–Crippen LogP) is 5.06. The number of nitrogens with one attached hydrogen (secondary N) is 2. The molecule has 2 rings (SSSR count). The van der Waals surface area contributed by atoms with Crippen LogP contribution in [0.15, 0.2) is 51.4 Å². The first-order valence-electron chi connectivity index (χ1n) is 11.3. The Labute approximate surface area is 199 Å². The normalized spacial score (nSPS) is 18.4. The third-order valence-corrected chi connectivity index (χ3v) is 5.96. The van der Waals surface area contributed by atoms with E-state index in [4.69, 9.17) is 10.1 Å². The number of thioether (sulfide) groups is 1. The molecule has 1 amide bonds. The molecule has 0 spiro atoms. The second-order valence-corrected chi connectivity index (χ2v) is 8.81. The molecule has 0 aromatic heterocycles. The third-order valence-electron chi connectivity index (χ3n) is 5.09. The van der Waals surface area contributed by atoms with Crippen LogP contribution in [0.25, 0.3) is 0 Å². The van der Waals surface area contributed by atoms with Gasteiger partial charge in [-0.1, -0.05) is 37.4 Å². The Bertz CT molecular complexity index is 836. The summed E-state index contributed by atoms with van der Waals surface area (Å²) in [6, 6.07) is -0.125. The standard InChI is InChI=1S/C24H34F2N4O2S/c1-4-11-32-12-7-10-23(31)29-18-14-21-19(20(27)8-6-9-22(25)26)15-28-24(30(21)16-18)17(3)33-13-5-2/h5-6,8,13,18,22,27H,3-4,7,9-12,14-16H2,1-2H3,(H,29,31)/b8-6-,13-5-,27-20?. The van der Waals surface area contributed by atoms with Crippen molar-refractivity contribution in [3.63, 3.8) is 0 Å². The number of hydrogen-bond acceptors (Lipinski definition) is 6. The lowest BCUT2D eigenvalue weighted by atomic mass is 10.0. The van der Waals surface area contributed by atoms with Gasteiger partial charge in [0.2, 0.25) is 12.3 Å². The molecule has 0 aromatic carbocycles. The number of allylic oxidation sites excluding steroid dienone is 3. The minimum absolute atomic E-state index is 0.0328. The highest BCUT2D eigenvalue weighted by Gasteiger charge is 2.36. The van der Waals surface area contributed by atoms with Crippen molar-refractivity contribution in [3.05, 3.63) is 46.4 Å². The molecule has 1 saturated heterocycles. The van der Waals surface area contributed by atoms with Crippen LogP contribution in [0.3, 0.4) is 0 Å². The first kappa shape index (κ1) is 27.0. The largest absolute Gasteiger partial charge is 0.381 e. The molecule has 9 heteroatoms. The van der Waals surface area contributed by atoms with E-state index >= 15 is 0 Å². The Morgan fingerprint density at radius 1 is 1.45 bits per heavy atom. The highest BCUT2D eigenvalue weighted by molar-refractivity contribution is 8.06. The van der Waals surface area contributed by atoms with Crippen LogP contribution in [-0.2, 0) is 9.53 Å². The molecule has 0 bridgehead atoms. The van der Waals surface area contributed by atoms with Crippen molar-refractivity contribution in [1.29, 1.82) is 5.41 Å². The zero-order valence-electron chi connectivity index (χ0n) is 19.4. The van der Waals surface area contributed by atoms with Crippen LogP contribution < -0.4 is 5.32 Å². The molecule has 33 heavy (non-hydrogen) atoms. The maximum Gasteiger partial charge on any atom is 0.242 e. The molecule has 0 radical (unpaired) electrons. The summed E-state index contributed by atoms with van der Waals surface area (Å²) < 4.78 is 30.4. The van der Waals surface area contributed by atoms with Crippen LogP contribution in [0.1, 0.15) is 46.0 Å². The smallest absolute Gasteiger partial charge is 0.242 e. The highest BCUT2D eigenvalue weighted by atomic mass is 32.2. The molecule has 0 aliphatic carbocycles. The topological polar surface area (TPSA) is 77.8 Å². The van der Waals surface area contributed by atoms with Crippen molar-refractivity contribution >= 4 is 29.2 Å². The van der Waals surface area contributed by atoms with E-state index in [-0.39, 0.29) is 30.6 Å². The van der Waals surface area contributed by atoms with Crippen molar-refractivity contribution < 1.29 is 18.3 Å². The average Bonchev–Trinajstić information content (AvgIpc) is 3.19. The van der Waals surface area contributed by atoms with Crippen molar-refractivity contribution in [1.82, 2.24) is 10.2 Å². The fourth-order valence-electron chi connectivity index (χ4n) is 3.62. The minimum Gasteiger partial charge on any atom is -0.381 e. The molecule has 6 nitrogen and oxygen atoms in total. The molecular weight excluding hydrogens is 446 g/mol. The van der Waals surface area contributed by atoms with Gasteiger partial charge in [-0.25, -0.2) is 8.78 Å². The second kappa shape index (κ2) is 14.1. The summed E-state index contributed by atoms with van der Waals surface area (Å²) in [4.78, 5) is 19.9. The van der Waals surface area contributed by atoms with E-state index in [0.29, 0.717) is 44.6 Å². The SMILES string of the molecule is C=C(S/C=C\C)C1=NCC(C(=N)/C=C\CC(F)F)=C2CC(NC(=O)CCCOCCC)CN12. The number of aliphatic imine (C=N–C) groups is 1. The van der Waals surface area contributed by atoms with Gasteiger partial charge in [-0.2, -0.15) is 0 Å². The summed E-state index contributed by atoms with van der Waals surface area (Å²) in [5.41, 5.74) is 1.76. The summed E-state index contributed by atoms with van der Waals surface area (Å²) in [6.07, 6.45) is 4.39. The lowest BCUT2D eigenvalue weighted by molar-refractivity contribution is -0.122. The number of amidine groups is 1. The number of carbonyl (C=O) groups is 1. The number of rotatable bonds is 14. The van der Waals surface area contributed by atoms with E-state index in [0.717, 1.165) is 22.9 Å². The number of carbonyl (C=O) groups excluding carboxylic acids is 1. The molecule has 1 fully saturated rings. The third kappa shape index (κ3) is 8.55. The average molecular weight is 481 g/mol. The Kier molecular flexibility index (Phi) is 11.5. The van der Waals surface area contributed by atoms with Gasteiger partial charge in [0.1, 0.15) is 5.84 Å². The predicted molar refractivity (Wildman–Crippen MR) is 132 cm³/mol. The molecule has 2 aliphatic heterocycles. The molecule has 2 heterocycles. The Balaban J connectivity index is 2.10. The number of amides is 1. The van der Waals surface area contributed by atoms with Gasteiger partial charge in [-0.15, -0.1) is 0 Å². The molecule has 1 atom stereocenters. The van der Waals surface area contributed by atoms with E-state index < -0.39 is 6.43 Å². The number of ether oxygens (including phenoxy) is 1. The van der Waals surface area contributed by atoms with Crippen LogP contribution in [0.2, 0.25) is 0 Å². The van der Waals surface area contributed by atoms with Crippen LogP contribution >= 0.6 is 11.8 Å². The lowest BCUT2D eigenvalue weighted by Gasteiger charge is -2.29. The molecule has 0 saturated carbocycles. The summed E-state index contributed by atoms with van der Waals surface area (Å²) in [7, 11) is 0. The lowest BCUT2D eigenvalue weighted by Crippen LogP contribution is -2.39. The number of alkyl halides is 2. The molecule has 2 aliphatic rings. The Morgan fingerprint density at radius 3 is 2.94 bits per heavy atom. The fraction of sp³-hybridized carbons (Fsp3) is 0.542. The van der Waals surface area contributed by atoms with Gasteiger partial charge in [-0.05, 0) is 31.2 Å². The molecule has 182 valence electrons. The van der Waals surface area contributed by atoms with Crippen molar-refractivity contribution in [2.24, 2.45) is 4.99 Å². The minimum atomic E-state index is -2.44. The summed E-state index contributed by atoms with van der Waals surface area (Å²) >= 11 is 1.47. The Hall–Kier alpha value is -2.26. The monoisotopic (exact) mass is 480 g/mol. The van der Waals surface area contributed by atoms with Gasteiger partial charge in [0.15, 0.2) is 0 Å². The number of nitrogens with zero attached hydrogens (tertiary/aromatic N) is 2. The van der Waals surface area contributed by atoms with Crippen molar-refractivity contribution in [2.75, 3.05) is 26.3 Å². The van der Waals surface area contributed by atoms with Crippen LogP contribution in [-0.4, -0.2) is 61.1 Å².